The number of amides is 3. The van der Waals surface area contributed by atoms with E-state index in [1.165, 1.54) is 31.1 Å². The van der Waals surface area contributed by atoms with E-state index in [1.54, 1.807) is 32.2 Å². The Kier molecular flexibility index (Phi) is 14.4. The molecule has 12 nitrogen and oxygen atoms in total. The molecule has 0 aromatic heterocycles. The number of ether oxygens (including phenoxy) is 4. The van der Waals surface area contributed by atoms with Gasteiger partial charge in [-0.05, 0) is 62.0 Å². The maximum atomic E-state index is 13.9. The number of rotatable bonds is 7. The summed E-state index contributed by atoms with van der Waals surface area (Å²) in [5.74, 6) is -1.35. The van der Waals surface area contributed by atoms with Crippen LogP contribution in [0.4, 0.5) is 10.5 Å². The van der Waals surface area contributed by atoms with Gasteiger partial charge in [-0.15, -0.1) is 0 Å². The number of likely N-dealkylation sites (N-methyl/N-ethyl adjacent to an activating group) is 1. The molecule has 49 heavy (non-hydrogen) atoms. The zero-order valence-electron chi connectivity index (χ0n) is 29.5. The molecule has 3 rings (SSSR count). The van der Waals surface area contributed by atoms with Gasteiger partial charge in [0, 0.05) is 34.0 Å². The minimum atomic E-state index is -1.77. The van der Waals surface area contributed by atoms with Gasteiger partial charge in [0.25, 0.3) is 0 Å². The molecule has 2 N–H and O–H groups in total. The summed E-state index contributed by atoms with van der Waals surface area (Å²) >= 11 is 10.8. The van der Waals surface area contributed by atoms with E-state index in [1.807, 2.05) is 32.9 Å². The number of carbonyl (C=O) groups excluding carboxylic acids is 4. The first-order valence-corrected chi connectivity index (χ1v) is 17.3. The fourth-order valence-corrected chi connectivity index (χ4v) is 6.61. The van der Waals surface area contributed by atoms with Crippen LogP contribution in [-0.4, -0.2) is 98.0 Å². The van der Waals surface area contributed by atoms with E-state index < -0.39 is 48.1 Å². The van der Waals surface area contributed by atoms with Crippen LogP contribution in [0.2, 0.25) is 5.02 Å². The van der Waals surface area contributed by atoms with Crippen molar-refractivity contribution in [3.63, 3.8) is 0 Å². The Morgan fingerprint density at radius 2 is 1.94 bits per heavy atom. The van der Waals surface area contributed by atoms with E-state index in [-0.39, 0.29) is 42.0 Å². The molecule has 1 saturated heterocycles. The number of fused-ring (bicyclic) bond motifs is 4. The summed E-state index contributed by atoms with van der Waals surface area (Å²) in [6, 6.07) is 2.69. The van der Waals surface area contributed by atoms with Crippen molar-refractivity contribution in [1.82, 2.24) is 10.2 Å². The monoisotopic (exact) mass is 723 g/mol. The van der Waals surface area contributed by atoms with Crippen molar-refractivity contribution in [2.75, 3.05) is 39.0 Å². The van der Waals surface area contributed by atoms with Gasteiger partial charge in [0.1, 0.15) is 35.1 Å². The fraction of sp³-hybridized carbons (Fsp3) is 0.600. The smallest absolute Gasteiger partial charge is 0.409 e. The van der Waals surface area contributed by atoms with Crippen molar-refractivity contribution in [2.45, 2.75) is 89.9 Å². The summed E-state index contributed by atoms with van der Waals surface area (Å²) in [5.41, 5.74) is 0.420. The lowest BCUT2D eigenvalue weighted by Gasteiger charge is -2.42. The Morgan fingerprint density at radius 1 is 1.24 bits per heavy atom. The lowest BCUT2D eigenvalue weighted by atomic mass is 9.83. The minimum absolute atomic E-state index is 0.0174. The minimum Gasteiger partial charge on any atom is -0.495 e. The number of anilines is 1. The van der Waals surface area contributed by atoms with Crippen molar-refractivity contribution in [2.24, 2.45) is 11.8 Å². The maximum Gasteiger partial charge on any atom is 0.409 e. The molecule has 0 saturated carbocycles. The average Bonchev–Trinajstić information content (AvgIpc) is 3.04. The van der Waals surface area contributed by atoms with Gasteiger partial charge in [-0.25, -0.2) is 9.59 Å². The van der Waals surface area contributed by atoms with Gasteiger partial charge >= 0.3 is 12.1 Å². The number of hydrogen-bond donors (Lipinski definition) is 3. The molecule has 0 spiro atoms. The Balaban J connectivity index is 2.08. The van der Waals surface area contributed by atoms with E-state index in [0.29, 0.717) is 30.0 Å². The van der Waals surface area contributed by atoms with Crippen LogP contribution in [0.1, 0.15) is 58.9 Å². The van der Waals surface area contributed by atoms with Crippen molar-refractivity contribution in [1.29, 1.82) is 0 Å². The quantitative estimate of drug-likeness (QED) is 0.269. The predicted molar refractivity (Wildman–Crippen MR) is 190 cm³/mol. The molecule has 7 atom stereocenters. The molecule has 2 aliphatic heterocycles. The van der Waals surface area contributed by atoms with Gasteiger partial charge in [0.2, 0.25) is 11.8 Å². The second-order valence-corrected chi connectivity index (χ2v) is 13.9. The number of halogens is 1. The van der Waals surface area contributed by atoms with E-state index in [9.17, 15) is 24.3 Å². The lowest BCUT2D eigenvalue weighted by molar-refractivity contribution is -0.162. The first-order chi connectivity index (χ1) is 23.0. The second-order valence-electron chi connectivity index (χ2n) is 13.0. The third kappa shape index (κ3) is 10.1. The first kappa shape index (κ1) is 40.2. The van der Waals surface area contributed by atoms with Gasteiger partial charge in [-0.3, -0.25) is 14.9 Å². The number of alkyl carbamates (subject to hydrolysis) is 1. The normalized spacial score (nSPS) is 29.1. The standard InChI is InChI=1S/C35H50ClN3O9S/c1-20-10-9-11-29(46-8)35(44)19-28(48-34(43)37-35)22(3)15-21(2)26(47-33(42)23(4)38(5)30(40)12-13-49)18-31(41)39(6)25-16-24(14-20)17-27(45-7)32(25)36/h9-11,16-17,21-23,26,28-29,44,49H,12-15,18-19H2,1-8H3,(H,37,43)/b11-9+,20-10+/t21-,22-,23-,26-,28-,29+,35-/m0/s1. The van der Waals surface area contributed by atoms with Crippen molar-refractivity contribution in [3.05, 3.63) is 46.5 Å². The summed E-state index contributed by atoms with van der Waals surface area (Å²) in [6.45, 7) is 7.19. The molecule has 1 fully saturated rings. The molecule has 2 aliphatic rings. The van der Waals surface area contributed by atoms with Crippen molar-refractivity contribution < 1.29 is 43.2 Å². The molecule has 0 aliphatic carbocycles. The van der Waals surface area contributed by atoms with Crippen LogP contribution >= 0.6 is 24.2 Å². The second kappa shape index (κ2) is 17.6. The van der Waals surface area contributed by atoms with Crippen LogP contribution in [0.25, 0.3) is 0 Å². The van der Waals surface area contributed by atoms with Gasteiger partial charge in [0.05, 0.1) is 19.2 Å². The van der Waals surface area contributed by atoms with Crippen LogP contribution in [0, 0.1) is 11.8 Å². The van der Waals surface area contributed by atoms with E-state index in [0.717, 1.165) is 11.1 Å². The third-order valence-electron chi connectivity index (χ3n) is 9.30. The molecule has 0 unspecified atom stereocenters. The molecule has 14 heteroatoms. The summed E-state index contributed by atoms with van der Waals surface area (Å²) < 4.78 is 22.8. The van der Waals surface area contributed by atoms with E-state index >= 15 is 0 Å². The molecule has 1 aromatic carbocycles. The Labute approximate surface area is 299 Å². The first-order valence-electron chi connectivity index (χ1n) is 16.3. The molecule has 1 aromatic rings. The molecule has 3 amide bonds. The summed E-state index contributed by atoms with van der Waals surface area (Å²) in [7, 11) is 6.05. The SMILES string of the molecule is COc1cc2cc(c1Cl)N(C)C(=O)C[C@H](OC(=O)[C@H](C)N(C)C(=O)CCS)[C@@H](C)C[C@H](C)[C@@H]1C[C@@](O)(NC(=O)O1)[C@H](OC)/C=C/C=C(\C)C2. The number of aliphatic hydroxyl groups is 1. The molecular weight excluding hydrogens is 674 g/mol. The van der Waals surface area contributed by atoms with Crippen LogP contribution < -0.4 is 15.0 Å². The predicted octanol–water partition coefficient (Wildman–Crippen LogP) is 4.70. The van der Waals surface area contributed by atoms with Gasteiger partial charge in [-0.2, -0.15) is 12.6 Å². The summed E-state index contributed by atoms with van der Waals surface area (Å²) in [6.07, 6.45) is 2.74. The highest BCUT2D eigenvalue weighted by Crippen LogP contribution is 2.38. The number of allylic oxidation sites excluding steroid dienone is 3. The molecule has 0 radical (unpaired) electrons. The van der Waals surface area contributed by atoms with Gasteiger partial charge in [0.15, 0.2) is 5.72 Å². The zero-order chi connectivity index (χ0) is 36.6. The van der Waals surface area contributed by atoms with Crippen LogP contribution in [0.15, 0.2) is 35.9 Å². The number of nitrogens with one attached hydrogen (secondary N) is 1. The topological polar surface area (TPSA) is 144 Å². The highest BCUT2D eigenvalue weighted by molar-refractivity contribution is 7.80. The van der Waals surface area contributed by atoms with Crippen LogP contribution in [-0.2, 0) is 35.0 Å². The number of nitrogens with zero attached hydrogens (tertiary/aromatic N) is 2. The van der Waals surface area contributed by atoms with Crippen LogP contribution in [0.3, 0.4) is 0 Å². The Morgan fingerprint density at radius 3 is 2.57 bits per heavy atom. The number of benzene rings is 1. The lowest BCUT2D eigenvalue weighted by Crippen LogP contribution is -2.63. The number of carbonyl (C=O) groups is 4. The highest BCUT2D eigenvalue weighted by atomic mass is 35.5. The molecular formula is C35H50ClN3O9S. The van der Waals surface area contributed by atoms with Crippen molar-refractivity contribution in [3.8, 4) is 5.75 Å². The number of esters is 1. The Bertz CT molecular complexity index is 1440. The van der Waals surface area contributed by atoms with Gasteiger partial charge < -0.3 is 33.9 Å². The van der Waals surface area contributed by atoms with E-state index in [4.69, 9.17) is 30.5 Å². The zero-order valence-corrected chi connectivity index (χ0v) is 31.2. The van der Waals surface area contributed by atoms with Gasteiger partial charge in [-0.1, -0.05) is 49.2 Å². The average molecular weight is 724 g/mol. The number of thiol groups is 1. The largest absolute Gasteiger partial charge is 0.495 e. The third-order valence-corrected chi connectivity index (χ3v) is 9.90. The fourth-order valence-electron chi connectivity index (χ4n) is 6.10. The maximum absolute atomic E-state index is 13.9. The molecule has 4 bridgehead atoms. The Hall–Kier alpha value is -3.26. The molecule has 2 heterocycles. The van der Waals surface area contributed by atoms with Crippen LogP contribution in [0.5, 0.6) is 5.75 Å². The summed E-state index contributed by atoms with van der Waals surface area (Å²) in [4.78, 5) is 55.3. The highest BCUT2D eigenvalue weighted by Gasteiger charge is 2.46. The number of hydrogen-bond acceptors (Lipinski definition) is 10. The summed E-state index contributed by atoms with van der Waals surface area (Å²) in [5, 5.41) is 14.4. The molecule has 272 valence electrons. The van der Waals surface area contributed by atoms with Crippen molar-refractivity contribution >= 4 is 53.8 Å². The van der Waals surface area contributed by atoms with E-state index in [2.05, 4.69) is 17.9 Å². The number of methoxy groups -OCH3 is 2.